The van der Waals surface area contributed by atoms with E-state index in [9.17, 15) is 4.79 Å². The monoisotopic (exact) mass is 416 g/mol. The maximum absolute atomic E-state index is 13.4. The molecular weight excluding hydrogens is 392 g/mol. The van der Waals surface area contributed by atoms with Gasteiger partial charge in [0, 0.05) is 17.1 Å². The highest BCUT2D eigenvalue weighted by Crippen LogP contribution is 2.34. The standard InChI is InChI=1S/C24H24N4OS/c1-16-6-9-20(10-7-16)21-15-30-24(26-21)28(22-11-17(2)5-8-19(22)4)23(29)14-27-13-18(3)12-25-27/h5-13,15H,14H2,1-4H3. The van der Waals surface area contributed by atoms with Crippen LogP contribution in [0.1, 0.15) is 22.3 Å². The molecule has 0 saturated carbocycles. The highest BCUT2D eigenvalue weighted by Gasteiger charge is 2.24. The van der Waals surface area contributed by atoms with Crippen molar-refractivity contribution >= 4 is 28.1 Å². The van der Waals surface area contributed by atoms with Crippen molar-refractivity contribution in [3.63, 3.8) is 0 Å². The van der Waals surface area contributed by atoms with Crippen molar-refractivity contribution in [1.29, 1.82) is 0 Å². The number of benzene rings is 2. The quantitative estimate of drug-likeness (QED) is 0.425. The number of aromatic nitrogens is 3. The number of aryl methyl sites for hydroxylation is 4. The van der Waals surface area contributed by atoms with Crippen molar-refractivity contribution in [2.45, 2.75) is 34.2 Å². The molecule has 0 aliphatic rings. The first-order valence-electron chi connectivity index (χ1n) is 9.82. The molecule has 0 aliphatic carbocycles. The maximum Gasteiger partial charge on any atom is 0.255 e. The summed E-state index contributed by atoms with van der Waals surface area (Å²) in [6.45, 7) is 8.23. The van der Waals surface area contributed by atoms with Gasteiger partial charge in [0.1, 0.15) is 6.54 Å². The van der Waals surface area contributed by atoms with Crippen molar-refractivity contribution in [3.8, 4) is 11.3 Å². The number of amides is 1. The molecule has 152 valence electrons. The number of hydrogen-bond donors (Lipinski definition) is 0. The Morgan fingerprint density at radius 2 is 1.73 bits per heavy atom. The fraction of sp³-hybridized carbons (Fsp3) is 0.208. The topological polar surface area (TPSA) is 51.0 Å². The van der Waals surface area contributed by atoms with E-state index in [1.165, 1.54) is 16.9 Å². The van der Waals surface area contributed by atoms with Gasteiger partial charge < -0.3 is 0 Å². The number of carbonyl (C=O) groups is 1. The molecule has 0 radical (unpaired) electrons. The van der Waals surface area contributed by atoms with Crippen LogP contribution in [0.4, 0.5) is 10.8 Å². The van der Waals surface area contributed by atoms with Crippen molar-refractivity contribution in [3.05, 3.63) is 82.5 Å². The molecule has 1 amide bonds. The molecule has 0 aliphatic heterocycles. The van der Waals surface area contributed by atoms with Crippen LogP contribution in [0.5, 0.6) is 0 Å². The Morgan fingerprint density at radius 1 is 1.00 bits per heavy atom. The second-order valence-electron chi connectivity index (χ2n) is 7.62. The summed E-state index contributed by atoms with van der Waals surface area (Å²) in [5.41, 5.74) is 7.12. The van der Waals surface area contributed by atoms with Crippen LogP contribution in [0.2, 0.25) is 0 Å². The van der Waals surface area contributed by atoms with E-state index in [1.54, 1.807) is 15.8 Å². The number of hydrogen-bond acceptors (Lipinski definition) is 4. The fourth-order valence-corrected chi connectivity index (χ4v) is 4.15. The van der Waals surface area contributed by atoms with Crippen molar-refractivity contribution in [1.82, 2.24) is 14.8 Å². The van der Waals surface area contributed by atoms with E-state index in [4.69, 9.17) is 4.98 Å². The van der Waals surface area contributed by atoms with Gasteiger partial charge in [0.2, 0.25) is 0 Å². The molecule has 2 aromatic carbocycles. The van der Waals surface area contributed by atoms with Crippen LogP contribution >= 0.6 is 11.3 Å². The van der Waals surface area contributed by atoms with E-state index in [0.717, 1.165) is 33.6 Å². The lowest BCUT2D eigenvalue weighted by molar-refractivity contribution is -0.118. The van der Waals surface area contributed by atoms with Gasteiger partial charge in [0.05, 0.1) is 17.6 Å². The predicted octanol–water partition coefficient (Wildman–Crippen LogP) is 5.61. The van der Waals surface area contributed by atoms with E-state index >= 15 is 0 Å². The molecule has 5 nitrogen and oxygen atoms in total. The largest absolute Gasteiger partial charge is 0.272 e. The van der Waals surface area contributed by atoms with Gasteiger partial charge in [-0.15, -0.1) is 11.3 Å². The van der Waals surface area contributed by atoms with Crippen LogP contribution in [-0.2, 0) is 11.3 Å². The van der Waals surface area contributed by atoms with Crippen molar-refractivity contribution in [2.24, 2.45) is 0 Å². The molecule has 0 fully saturated rings. The molecule has 0 bridgehead atoms. The van der Waals surface area contributed by atoms with Crippen molar-refractivity contribution < 1.29 is 4.79 Å². The number of nitrogens with zero attached hydrogens (tertiary/aromatic N) is 4. The SMILES string of the molecule is Cc1ccc(-c2csc(N(C(=O)Cn3cc(C)cn3)c3cc(C)ccc3C)n2)cc1. The number of carbonyl (C=O) groups excluding carboxylic acids is 1. The van der Waals surface area contributed by atoms with Gasteiger partial charge in [-0.05, 0) is 50.5 Å². The maximum atomic E-state index is 13.4. The minimum absolute atomic E-state index is 0.0726. The van der Waals surface area contributed by atoms with Gasteiger partial charge in [0.25, 0.3) is 5.91 Å². The Bertz CT molecular complexity index is 1190. The average Bonchev–Trinajstić information content (AvgIpc) is 3.35. The zero-order valence-corrected chi connectivity index (χ0v) is 18.4. The van der Waals surface area contributed by atoms with E-state index < -0.39 is 0 Å². The minimum Gasteiger partial charge on any atom is -0.272 e. The van der Waals surface area contributed by atoms with Gasteiger partial charge in [-0.2, -0.15) is 5.10 Å². The molecule has 2 aromatic heterocycles. The summed E-state index contributed by atoms with van der Waals surface area (Å²) in [5.74, 6) is -0.0726. The Morgan fingerprint density at radius 3 is 2.43 bits per heavy atom. The third kappa shape index (κ3) is 4.19. The molecule has 4 aromatic rings. The first-order chi connectivity index (χ1) is 14.4. The van der Waals surface area contributed by atoms with E-state index in [1.807, 2.05) is 44.5 Å². The molecule has 6 heteroatoms. The summed E-state index contributed by atoms with van der Waals surface area (Å²) in [4.78, 5) is 20.0. The minimum atomic E-state index is -0.0726. The highest BCUT2D eigenvalue weighted by atomic mass is 32.1. The van der Waals surface area contributed by atoms with Crippen LogP contribution in [0.3, 0.4) is 0 Å². The molecule has 2 heterocycles. The van der Waals surface area contributed by atoms with Crippen LogP contribution in [0.25, 0.3) is 11.3 Å². The third-order valence-corrected chi connectivity index (χ3v) is 5.77. The zero-order chi connectivity index (χ0) is 21.3. The van der Waals surface area contributed by atoms with Gasteiger partial charge >= 0.3 is 0 Å². The number of rotatable bonds is 5. The fourth-order valence-electron chi connectivity index (χ4n) is 3.29. The van der Waals surface area contributed by atoms with Crippen LogP contribution in [0.15, 0.2) is 60.2 Å². The first kappa shape index (κ1) is 20.0. The van der Waals surface area contributed by atoms with Crippen LogP contribution in [0, 0.1) is 27.7 Å². The summed E-state index contributed by atoms with van der Waals surface area (Å²) in [5, 5.41) is 6.94. The number of thiazole rings is 1. The lowest BCUT2D eigenvalue weighted by atomic mass is 10.1. The second-order valence-corrected chi connectivity index (χ2v) is 8.45. The van der Waals surface area contributed by atoms with Crippen molar-refractivity contribution in [2.75, 3.05) is 4.90 Å². The van der Waals surface area contributed by atoms with E-state index in [2.05, 4.69) is 42.4 Å². The predicted molar refractivity (Wildman–Crippen MR) is 122 cm³/mol. The normalized spacial score (nSPS) is 10.9. The van der Waals surface area contributed by atoms with Gasteiger partial charge in [0.15, 0.2) is 5.13 Å². The molecular formula is C24H24N4OS. The molecule has 0 spiro atoms. The summed E-state index contributed by atoms with van der Waals surface area (Å²) in [6.07, 6.45) is 3.63. The Balaban J connectivity index is 1.74. The molecule has 0 saturated heterocycles. The highest BCUT2D eigenvalue weighted by molar-refractivity contribution is 7.14. The number of anilines is 2. The first-order valence-corrected chi connectivity index (χ1v) is 10.7. The molecule has 0 unspecified atom stereocenters. The second kappa shape index (κ2) is 8.24. The summed E-state index contributed by atoms with van der Waals surface area (Å²) < 4.78 is 1.67. The Labute approximate surface area is 180 Å². The summed E-state index contributed by atoms with van der Waals surface area (Å²) in [7, 11) is 0. The van der Waals surface area contributed by atoms with E-state index in [0.29, 0.717) is 5.13 Å². The molecule has 0 atom stereocenters. The van der Waals surface area contributed by atoms with Gasteiger partial charge in [-0.1, -0.05) is 42.0 Å². The van der Waals surface area contributed by atoms with Gasteiger partial charge in [-0.3, -0.25) is 14.4 Å². The zero-order valence-electron chi connectivity index (χ0n) is 17.6. The lowest BCUT2D eigenvalue weighted by Gasteiger charge is -2.22. The van der Waals surface area contributed by atoms with Gasteiger partial charge in [-0.25, -0.2) is 4.98 Å². The summed E-state index contributed by atoms with van der Waals surface area (Å²) >= 11 is 1.47. The molecule has 0 N–H and O–H groups in total. The van der Waals surface area contributed by atoms with Crippen LogP contribution < -0.4 is 4.90 Å². The lowest BCUT2D eigenvalue weighted by Crippen LogP contribution is -2.30. The third-order valence-electron chi connectivity index (χ3n) is 4.95. The molecule has 4 rings (SSSR count). The average molecular weight is 417 g/mol. The molecule has 30 heavy (non-hydrogen) atoms. The van der Waals surface area contributed by atoms with E-state index in [-0.39, 0.29) is 12.5 Å². The Hall–Kier alpha value is -3.25. The summed E-state index contributed by atoms with van der Waals surface area (Å²) in [6, 6.07) is 14.4. The van der Waals surface area contributed by atoms with Crippen LogP contribution in [-0.4, -0.2) is 20.7 Å². The Kier molecular flexibility index (Phi) is 5.50. The smallest absolute Gasteiger partial charge is 0.255 e.